The van der Waals surface area contributed by atoms with Gasteiger partial charge in [-0.15, -0.1) is 0 Å². The Morgan fingerprint density at radius 2 is 1.44 bits per heavy atom. The summed E-state index contributed by atoms with van der Waals surface area (Å²) in [6, 6.07) is 11.0. The highest BCUT2D eigenvalue weighted by Crippen LogP contribution is 2.38. The van der Waals surface area contributed by atoms with Crippen LogP contribution in [-0.4, -0.2) is 36.9 Å². The molecule has 2 aromatic carbocycles. The number of aliphatic hydroxyl groups is 1. The molecule has 140 valence electrons. The van der Waals surface area contributed by atoms with Gasteiger partial charge in [0.1, 0.15) is 12.2 Å². The van der Waals surface area contributed by atoms with Crippen molar-refractivity contribution in [2.75, 3.05) is 20.2 Å². The number of cyclic esters (lactones) is 1. The first-order valence-corrected chi connectivity index (χ1v) is 8.77. The summed E-state index contributed by atoms with van der Waals surface area (Å²) in [6.07, 6.45) is 0.640. The van der Waals surface area contributed by atoms with Crippen LogP contribution in [0.15, 0.2) is 36.4 Å². The predicted octanol–water partition coefficient (Wildman–Crippen LogP) is 1.83. The molecule has 0 aromatic heterocycles. The Balaban J connectivity index is 1.38. The zero-order valence-corrected chi connectivity index (χ0v) is 14.5. The van der Waals surface area contributed by atoms with E-state index in [4.69, 9.17) is 23.7 Å². The zero-order chi connectivity index (χ0) is 18.4. The molecule has 0 radical (unpaired) electrons. The number of fused-ring (bicyclic) bond motifs is 2. The Hall–Kier alpha value is -2.93. The van der Waals surface area contributed by atoms with Gasteiger partial charge in [-0.25, -0.2) is 0 Å². The molecule has 5 rings (SSSR count). The van der Waals surface area contributed by atoms with Crippen LogP contribution < -0.4 is 18.9 Å². The third-order valence-electron chi connectivity index (χ3n) is 5.22. The maximum atomic E-state index is 12.3. The largest absolute Gasteiger partial charge is 0.462 e. The molecule has 3 aliphatic heterocycles. The SMILES string of the molecule is O=C1OCC(O)(Cc2ccc3c(c2)OCO3)C1Cc1ccc2c(c1)OCO2. The zero-order valence-electron chi connectivity index (χ0n) is 14.5. The first-order valence-electron chi connectivity index (χ1n) is 8.77. The van der Waals surface area contributed by atoms with Crippen LogP contribution >= 0.6 is 0 Å². The first kappa shape index (κ1) is 16.3. The van der Waals surface area contributed by atoms with E-state index in [0.717, 1.165) is 11.1 Å². The molecule has 1 N–H and O–H groups in total. The number of benzene rings is 2. The fourth-order valence-electron chi connectivity index (χ4n) is 3.77. The molecule has 0 spiro atoms. The topological polar surface area (TPSA) is 83.5 Å². The van der Waals surface area contributed by atoms with E-state index in [9.17, 15) is 9.90 Å². The van der Waals surface area contributed by atoms with Crippen LogP contribution in [0.25, 0.3) is 0 Å². The number of hydrogen-bond acceptors (Lipinski definition) is 7. The lowest BCUT2D eigenvalue weighted by molar-refractivity contribution is -0.141. The van der Waals surface area contributed by atoms with Gasteiger partial charge < -0.3 is 28.8 Å². The molecule has 0 saturated carbocycles. The molecule has 0 aliphatic carbocycles. The van der Waals surface area contributed by atoms with Gasteiger partial charge in [-0.05, 0) is 41.8 Å². The molecule has 2 atom stereocenters. The first-order chi connectivity index (χ1) is 13.1. The van der Waals surface area contributed by atoms with Crippen molar-refractivity contribution in [1.29, 1.82) is 0 Å². The van der Waals surface area contributed by atoms with Crippen LogP contribution in [-0.2, 0) is 22.4 Å². The van der Waals surface area contributed by atoms with Gasteiger partial charge in [-0.2, -0.15) is 0 Å². The molecular weight excluding hydrogens is 352 g/mol. The number of esters is 1. The van der Waals surface area contributed by atoms with E-state index < -0.39 is 17.5 Å². The lowest BCUT2D eigenvalue weighted by Crippen LogP contribution is -2.41. The Kier molecular flexibility index (Phi) is 3.65. The Morgan fingerprint density at radius 1 is 0.852 bits per heavy atom. The minimum Gasteiger partial charge on any atom is -0.462 e. The number of hydrogen-bond donors (Lipinski definition) is 1. The van der Waals surface area contributed by atoms with E-state index >= 15 is 0 Å². The van der Waals surface area contributed by atoms with Gasteiger partial charge in [-0.3, -0.25) is 4.79 Å². The molecule has 2 aromatic rings. The normalized spacial score (nSPS) is 24.9. The van der Waals surface area contributed by atoms with Crippen molar-refractivity contribution in [3.63, 3.8) is 0 Å². The highest BCUT2D eigenvalue weighted by Gasteiger charge is 2.49. The molecule has 0 bridgehead atoms. The second kappa shape index (κ2) is 6.06. The van der Waals surface area contributed by atoms with Crippen LogP contribution in [0, 0.1) is 5.92 Å². The van der Waals surface area contributed by atoms with Crippen molar-refractivity contribution in [2.45, 2.75) is 18.4 Å². The van der Waals surface area contributed by atoms with E-state index in [1.807, 2.05) is 36.4 Å². The third kappa shape index (κ3) is 2.84. The molecular formula is C20H18O7. The van der Waals surface area contributed by atoms with Gasteiger partial charge >= 0.3 is 5.97 Å². The summed E-state index contributed by atoms with van der Waals surface area (Å²) in [5.41, 5.74) is 0.448. The summed E-state index contributed by atoms with van der Waals surface area (Å²) in [5.74, 6) is 1.61. The van der Waals surface area contributed by atoms with E-state index in [0.29, 0.717) is 29.4 Å². The van der Waals surface area contributed by atoms with Crippen molar-refractivity contribution in [2.24, 2.45) is 5.92 Å². The van der Waals surface area contributed by atoms with Crippen molar-refractivity contribution in [1.82, 2.24) is 0 Å². The van der Waals surface area contributed by atoms with E-state index in [2.05, 4.69) is 0 Å². The maximum absolute atomic E-state index is 12.3. The van der Waals surface area contributed by atoms with Crippen molar-refractivity contribution < 1.29 is 33.6 Å². The van der Waals surface area contributed by atoms with Gasteiger partial charge in [0.25, 0.3) is 0 Å². The number of ether oxygens (including phenoxy) is 5. The van der Waals surface area contributed by atoms with Crippen LogP contribution in [0.2, 0.25) is 0 Å². The number of carbonyl (C=O) groups excluding carboxylic acids is 1. The van der Waals surface area contributed by atoms with Crippen LogP contribution in [0.4, 0.5) is 0 Å². The molecule has 2 unspecified atom stereocenters. The minimum atomic E-state index is -1.29. The van der Waals surface area contributed by atoms with Crippen LogP contribution in [0.5, 0.6) is 23.0 Å². The second-order valence-corrected chi connectivity index (χ2v) is 7.02. The molecule has 3 heterocycles. The maximum Gasteiger partial charge on any atom is 0.312 e. The van der Waals surface area contributed by atoms with Crippen molar-refractivity contribution in [3.05, 3.63) is 47.5 Å². The number of carbonyl (C=O) groups is 1. The molecule has 1 saturated heterocycles. The molecule has 27 heavy (non-hydrogen) atoms. The van der Waals surface area contributed by atoms with Crippen LogP contribution in [0.3, 0.4) is 0 Å². The monoisotopic (exact) mass is 370 g/mol. The summed E-state index contributed by atoms with van der Waals surface area (Å²) in [5, 5.41) is 11.2. The molecule has 7 nitrogen and oxygen atoms in total. The Bertz CT molecular complexity index is 909. The summed E-state index contributed by atoms with van der Waals surface area (Å²) in [7, 11) is 0. The summed E-state index contributed by atoms with van der Waals surface area (Å²) >= 11 is 0. The Morgan fingerprint density at radius 3 is 2.15 bits per heavy atom. The highest BCUT2D eigenvalue weighted by molar-refractivity contribution is 5.77. The van der Waals surface area contributed by atoms with Gasteiger partial charge in [0.15, 0.2) is 23.0 Å². The van der Waals surface area contributed by atoms with Gasteiger partial charge in [0.05, 0.1) is 5.92 Å². The lowest BCUT2D eigenvalue weighted by atomic mass is 9.81. The van der Waals surface area contributed by atoms with E-state index in [1.54, 1.807) is 0 Å². The van der Waals surface area contributed by atoms with Gasteiger partial charge in [-0.1, -0.05) is 12.1 Å². The summed E-state index contributed by atoms with van der Waals surface area (Å²) in [6.45, 7) is 0.352. The number of rotatable bonds is 4. The molecule has 1 fully saturated rings. The highest BCUT2D eigenvalue weighted by atomic mass is 16.7. The fourth-order valence-corrected chi connectivity index (χ4v) is 3.77. The molecule has 0 amide bonds. The average Bonchev–Trinajstić information content (AvgIpc) is 3.37. The predicted molar refractivity (Wildman–Crippen MR) is 91.9 cm³/mol. The van der Waals surface area contributed by atoms with Gasteiger partial charge in [0, 0.05) is 6.42 Å². The standard InChI is InChI=1S/C20H18O7/c21-19-14(5-12-1-3-15-17(6-12)26-10-24-15)20(22,9-23-19)8-13-2-4-16-18(7-13)27-11-25-16/h1-4,6-7,14,22H,5,8-11H2. The van der Waals surface area contributed by atoms with Gasteiger partial charge in [0.2, 0.25) is 13.6 Å². The van der Waals surface area contributed by atoms with Crippen molar-refractivity contribution >= 4 is 5.97 Å². The average molecular weight is 370 g/mol. The Labute approximate surface area is 155 Å². The fraction of sp³-hybridized carbons (Fsp3) is 0.350. The summed E-state index contributed by atoms with van der Waals surface area (Å²) in [4.78, 5) is 12.3. The lowest BCUT2D eigenvalue weighted by Gasteiger charge is -2.26. The van der Waals surface area contributed by atoms with Crippen molar-refractivity contribution in [3.8, 4) is 23.0 Å². The minimum absolute atomic E-state index is 0.0322. The second-order valence-electron chi connectivity index (χ2n) is 7.02. The van der Waals surface area contributed by atoms with Crippen LogP contribution in [0.1, 0.15) is 11.1 Å². The summed E-state index contributed by atoms with van der Waals surface area (Å²) < 4.78 is 26.6. The quantitative estimate of drug-likeness (QED) is 0.822. The third-order valence-corrected chi connectivity index (χ3v) is 5.22. The molecule has 3 aliphatic rings. The van der Waals surface area contributed by atoms with E-state index in [1.165, 1.54) is 0 Å². The smallest absolute Gasteiger partial charge is 0.312 e. The van der Waals surface area contributed by atoms with E-state index in [-0.39, 0.29) is 26.6 Å². The molecule has 7 heteroatoms.